The molecule has 0 N–H and O–H groups in total. The third-order valence-electron chi connectivity index (χ3n) is 3.57. The van der Waals surface area contributed by atoms with Gasteiger partial charge in [-0.15, -0.1) is 0 Å². The Hall–Kier alpha value is -0.0400. The van der Waals surface area contributed by atoms with Crippen LogP contribution in [0.15, 0.2) is 0 Å². The van der Waals surface area contributed by atoms with Crippen LogP contribution in [-0.2, 0) is 4.74 Å². The first-order valence-electron chi connectivity index (χ1n) is 4.89. The van der Waals surface area contributed by atoms with Crippen LogP contribution in [0.1, 0.15) is 32.1 Å². The second-order valence-electron chi connectivity index (χ2n) is 4.23. The molecule has 64 valence electrons. The Balaban J connectivity index is 1.92. The minimum Gasteiger partial charge on any atom is -0.384 e. The van der Waals surface area contributed by atoms with E-state index < -0.39 is 0 Å². The first-order valence-corrected chi connectivity index (χ1v) is 4.89. The summed E-state index contributed by atoms with van der Waals surface area (Å²) in [6, 6.07) is 0. The van der Waals surface area contributed by atoms with Crippen LogP contribution in [0.25, 0.3) is 0 Å². The van der Waals surface area contributed by atoms with Crippen molar-refractivity contribution >= 4 is 0 Å². The highest BCUT2D eigenvalue weighted by molar-refractivity contribution is 4.85. The summed E-state index contributed by atoms with van der Waals surface area (Å²) in [6.45, 7) is 1.02. The number of fused-ring (bicyclic) bond motifs is 3. The van der Waals surface area contributed by atoms with E-state index in [1.807, 2.05) is 7.11 Å². The molecular weight excluding hydrogens is 136 g/mol. The summed E-state index contributed by atoms with van der Waals surface area (Å²) in [5.41, 5.74) is 0. The van der Waals surface area contributed by atoms with Gasteiger partial charge in [0.05, 0.1) is 0 Å². The van der Waals surface area contributed by atoms with Crippen molar-refractivity contribution in [1.82, 2.24) is 0 Å². The molecule has 3 saturated carbocycles. The Bertz CT molecular complexity index is 125. The quantitative estimate of drug-likeness (QED) is 0.593. The van der Waals surface area contributed by atoms with Gasteiger partial charge >= 0.3 is 0 Å². The number of hydrogen-bond acceptors (Lipinski definition) is 1. The molecule has 3 rings (SSSR count). The van der Waals surface area contributed by atoms with Crippen LogP contribution in [0.4, 0.5) is 0 Å². The van der Waals surface area contributed by atoms with Crippen LogP contribution in [0.2, 0.25) is 0 Å². The maximum absolute atomic E-state index is 5.23. The normalized spacial score (nSPS) is 42.8. The first kappa shape index (κ1) is 7.60. The Labute approximate surface area is 69.1 Å². The van der Waals surface area contributed by atoms with Crippen molar-refractivity contribution in [3.05, 3.63) is 0 Å². The molecule has 3 aliphatic carbocycles. The SMILES string of the molecule is COCC1CC2CCC1CC2. The lowest BCUT2D eigenvalue weighted by Crippen LogP contribution is -2.33. The predicted molar refractivity (Wildman–Crippen MR) is 45.4 cm³/mol. The standard InChI is InChI=1S/C10H18O/c1-11-7-10-6-8-2-4-9(10)5-3-8/h8-10H,2-7H2,1H3. The van der Waals surface area contributed by atoms with E-state index in [-0.39, 0.29) is 0 Å². The van der Waals surface area contributed by atoms with Crippen LogP contribution >= 0.6 is 0 Å². The fraction of sp³-hybridized carbons (Fsp3) is 1.00. The van der Waals surface area contributed by atoms with Gasteiger partial charge in [-0.3, -0.25) is 0 Å². The molecule has 1 atom stereocenters. The molecule has 0 saturated heterocycles. The zero-order valence-corrected chi connectivity index (χ0v) is 7.38. The summed E-state index contributed by atoms with van der Waals surface area (Å²) in [7, 11) is 1.84. The molecule has 1 heteroatoms. The molecule has 3 fully saturated rings. The maximum atomic E-state index is 5.23. The Morgan fingerprint density at radius 1 is 1.18 bits per heavy atom. The van der Waals surface area contributed by atoms with Gasteiger partial charge in [-0.2, -0.15) is 0 Å². The van der Waals surface area contributed by atoms with E-state index in [1.165, 1.54) is 32.1 Å². The topological polar surface area (TPSA) is 9.23 Å². The van der Waals surface area contributed by atoms with E-state index in [0.717, 1.165) is 24.4 Å². The second kappa shape index (κ2) is 3.14. The Morgan fingerprint density at radius 3 is 2.36 bits per heavy atom. The van der Waals surface area contributed by atoms with Crippen molar-refractivity contribution in [2.24, 2.45) is 17.8 Å². The summed E-state index contributed by atoms with van der Waals surface area (Å²) >= 11 is 0. The number of methoxy groups -OCH3 is 1. The van der Waals surface area contributed by atoms with Crippen molar-refractivity contribution in [1.29, 1.82) is 0 Å². The van der Waals surface area contributed by atoms with Gasteiger partial charge in [0.1, 0.15) is 0 Å². The maximum Gasteiger partial charge on any atom is 0.0493 e. The fourth-order valence-corrected chi connectivity index (χ4v) is 2.93. The molecule has 11 heavy (non-hydrogen) atoms. The van der Waals surface area contributed by atoms with Crippen LogP contribution in [0, 0.1) is 17.8 Å². The zero-order valence-electron chi connectivity index (χ0n) is 7.38. The zero-order chi connectivity index (χ0) is 7.68. The lowest BCUT2D eigenvalue weighted by molar-refractivity contribution is 0.0343. The van der Waals surface area contributed by atoms with Gasteiger partial charge in [-0.05, 0) is 37.0 Å². The lowest BCUT2D eigenvalue weighted by Gasteiger charge is -2.42. The largest absolute Gasteiger partial charge is 0.384 e. The molecule has 0 aromatic heterocycles. The van der Waals surface area contributed by atoms with Gasteiger partial charge < -0.3 is 4.74 Å². The average Bonchev–Trinajstić information content (AvgIpc) is 2.07. The van der Waals surface area contributed by atoms with Crippen molar-refractivity contribution in [2.45, 2.75) is 32.1 Å². The molecule has 1 unspecified atom stereocenters. The smallest absolute Gasteiger partial charge is 0.0493 e. The average molecular weight is 154 g/mol. The summed E-state index contributed by atoms with van der Waals surface area (Å²) in [6.07, 6.45) is 7.44. The molecule has 0 heterocycles. The molecule has 0 aromatic carbocycles. The highest BCUT2D eigenvalue weighted by atomic mass is 16.5. The van der Waals surface area contributed by atoms with Crippen molar-refractivity contribution in [2.75, 3.05) is 13.7 Å². The third kappa shape index (κ3) is 1.44. The number of rotatable bonds is 2. The monoisotopic (exact) mass is 154 g/mol. The van der Waals surface area contributed by atoms with E-state index >= 15 is 0 Å². The summed E-state index contributed by atoms with van der Waals surface area (Å²) in [4.78, 5) is 0. The number of ether oxygens (including phenoxy) is 1. The van der Waals surface area contributed by atoms with Gasteiger partial charge in [0.2, 0.25) is 0 Å². The van der Waals surface area contributed by atoms with E-state index in [4.69, 9.17) is 4.74 Å². The molecule has 0 aromatic rings. The Morgan fingerprint density at radius 2 is 1.91 bits per heavy atom. The van der Waals surface area contributed by atoms with Crippen LogP contribution in [0.5, 0.6) is 0 Å². The van der Waals surface area contributed by atoms with Gasteiger partial charge in [0, 0.05) is 13.7 Å². The molecule has 0 spiro atoms. The molecule has 0 amide bonds. The van der Waals surface area contributed by atoms with E-state index in [2.05, 4.69) is 0 Å². The minimum atomic E-state index is 0.910. The first-order chi connectivity index (χ1) is 5.40. The van der Waals surface area contributed by atoms with E-state index in [9.17, 15) is 0 Å². The van der Waals surface area contributed by atoms with Crippen molar-refractivity contribution in [3.63, 3.8) is 0 Å². The van der Waals surface area contributed by atoms with Gasteiger partial charge in [0.15, 0.2) is 0 Å². The third-order valence-corrected chi connectivity index (χ3v) is 3.57. The Kier molecular flexibility index (Phi) is 2.17. The van der Waals surface area contributed by atoms with Gasteiger partial charge in [0.25, 0.3) is 0 Å². The molecule has 0 aliphatic heterocycles. The fourth-order valence-electron chi connectivity index (χ4n) is 2.93. The summed E-state index contributed by atoms with van der Waals surface area (Å²) in [5, 5.41) is 0. The second-order valence-corrected chi connectivity index (χ2v) is 4.23. The molecule has 1 nitrogen and oxygen atoms in total. The number of hydrogen-bond donors (Lipinski definition) is 0. The molecule has 0 radical (unpaired) electrons. The van der Waals surface area contributed by atoms with Gasteiger partial charge in [-0.25, -0.2) is 0 Å². The minimum absolute atomic E-state index is 0.910. The van der Waals surface area contributed by atoms with E-state index in [0.29, 0.717) is 0 Å². The molecule has 2 bridgehead atoms. The van der Waals surface area contributed by atoms with Crippen LogP contribution in [-0.4, -0.2) is 13.7 Å². The molecular formula is C10H18O. The lowest BCUT2D eigenvalue weighted by atomic mass is 9.65. The van der Waals surface area contributed by atoms with Crippen molar-refractivity contribution in [3.8, 4) is 0 Å². The summed E-state index contributed by atoms with van der Waals surface area (Å²) < 4.78 is 5.23. The predicted octanol–water partition coefficient (Wildman–Crippen LogP) is 2.46. The summed E-state index contributed by atoms with van der Waals surface area (Å²) in [5.74, 6) is 2.98. The van der Waals surface area contributed by atoms with Crippen LogP contribution < -0.4 is 0 Å². The van der Waals surface area contributed by atoms with E-state index in [1.54, 1.807) is 0 Å². The highest BCUT2D eigenvalue weighted by Crippen LogP contribution is 2.44. The van der Waals surface area contributed by atoms with Gasteiger partial charge in [-0.1, -0.05) is 12.8 Å². The molecule has 3 aliphatic rings. The highest BCUT2D eigenvalue weighted by Gasteiger charge is 2.34. The van der Waals surface area contributed by atoms with Crippen LogP contribution in [0.3, 0.4) is 0 Å². The van der Waals surface area contributed by atoms with Crippen molar-refractivity contribution < 1.29 is 4.74 Å².